The van der Waals surface area contributed by atoms with Gasteiger partial charge in [-0.05, 0) is 38.8 Å². The highest BCUT2D eigenvalue weighted by molar-refractivity contribution is 7.22. The molecule has 0 bridgehead atoms. The van der Waals surface area contributed by atoms with Crippen LogP contribution in [-0.4, -0.2) is 69.6 Å². The van der Waals surface area contributed by atoms with Gasteiger partial charge in [0.05, 0.1) is 5.69 Å². The van der Waals surface area contributed by atoms with Crippen LogP contribution in [0.3, 0.4) is 0 Å². The third kappa shape index (κ3) is 4.58. The molecule has 0 saturated carbocycles. The van der Waals surface area contributed by atoms with Gasteiger partial charge in [0.25, 0.3) is 5.91 Å². The molecule has 0 unspecified atom stereocenters. The quantitative estimate of drug-likeness (QED) is 0.327. The normalized spacial score (nSPS) is 15.3. The number of primary amides is 1. The second-order valence-electron chi connectivity index (χ2n) is 9.37. The van der Waals surface area contributed by atoms with Crippen molar-refractivity contribution < 1.29 is 14.4 Å². The first-order valence-electron chi connectivity index (χ1n) is 12.3. The molecule has 6 rings (SSSR count). The number of carbonyl (C=O) groups excluding carboxylic acids is 3. The molecular weight excluding hydrogens is 520 g/mol. The van der Waals surface area contributed by atoms with Gasteiger partial charge in [0.1, 0.15) is 28.1 Å². The van der Waals surface area contributed by atoms with Gasteiger partial charge in [-0.2, -0.15) is 10.2 Å². The molecule has 1 aliphatic heterocycles. The number of fused-ring (bicyclic) bond motifs is 2. The Morgan fingerprint density at radius 1 is 1.15 bits per heavy atom. The van der Waals surface area contributed by atoms with E-state index in [1.165, 1.54) is 20.9 Å². The molecule has 0 radical (unpaired) electrons. The van der Waals surface area contributed by atoms with Gasteiger partial charge in [0, 0.05) is 36.3 Å². The van der Waals surface area contributed by atoms with E-state index in [0.29, 0.717) is 51.8 Å². The van der Waals surface area contributed by atoms with Crippen molar-refractivity contribution >= 4 is 50.9 Å². The van der Waals surface area contributed by atoms with Gasteiger partial charge in [-0.25, -0.2) is 24.1 Å². The first kappa shape index (κ1) is 24.6. The number of amides is 3. The molecule has 0 spiro atoms. The fourth-order valence-electron chi connectivity index (χ4n) is 4.73. The maximum Gasteiger partial charge on any atom is 0.270 e. The summed E-state index contributed by atoms with van der Waals surface area (Å²) in [5.41, 5.74) is 9.00. The highest BCUT2D eigenvalue weighted by Crippen LogP contribution is 2.32. The number of pyridine rings is 1. The maximum absolute atomic E-state index is 13.4. The molecule has 198 valence electrons. The predicted octanol–water partition coefficient (Wildman–Crippen LogP) is 1.94. The van der Waals surface area contributed by atoms with E-state index in [1.54, 1.807) is 29.0 Å². The summed E-state index contributed by atoms with van der Waals surface area (Å²) in [6.45, 7) is 3.95. The monoisotopic (exact) mass is 544 g/mol. The van der Waals surface area contributed by atoms with Crippen molar-refractivity contribution in [2.45, 2.75) is 39.3 Å². The van der Waals surface area contributed by atoms with E-state index in [4.69, 9.17) is 5.73 Å². The van der Waals surface area contributed by atoms with Crippen LogP contribution >= 0.6 is 11.3 Å². The molecular formula is C25H24N10O3S. The summed E-state index contributed by atoms with van der Waals surface area (Å²) in [6, 6.07) is 6.57. The molecule has 1 aliphatic rings. The van der Waals surface area contributed by atoms with E-state index in [0.717, 1.165) is 11.4 Å². The lowest BCUT2D eigenvalue weighted by molar-refractivity contribution is -0.137. The predicted molar refractivity (Wildman–Crippen MR) is 143 cm³/mol. The van der Waals surface area contributed by atoms with Gasteiger partial charge in [-0.3, -0.25) is 14.4 Å². The lowest BCUT2D eigenvalue weighted by Crippen LogP contribution is -2.44. The van der Waals surface area contributed by atoms with Crippen molar-refractivity contribution in [3.8, 4) is 10.6 Å². The second-order valence-corrected chi connectivity index (χ2v) is 10.4. The van der Waals surface area contributed by atoms with Crippen LogP contribution in [-0.2, 0) is 16.1 Å². The number of rotatable bonds is 6. The Morgan fingerprint density at radius 3 is 2.79 bits per heavy atom. The minimum Gasteiger partial charge on any atom is -0.364 e. The summed E-state index contributed by atoms with van der Waals surface area (Å²) in [6.07, 6.45) is 4.71. The Balaban J connectivity index is 1.27. The van der Waals surface area contributed by atoms with Crippen molar-refractivity contribution in [2.75, 3.05) is 11.9 Å². The molecule has 1 atom stereocenters. The first-order chi connectivity index (χ1) is 18.8. The van der Waals surface area contributed by atoms with Gasteiger partial charge in [0.15, 0.2) is 17.0 Å². The molecule has 1 fully saturated rings. The maximum atomic E-state index is 13.4. The zero-order chi connectivity index (χ0) is 27.3. The zero-order valence-electron chi connectivity index (χ0n) is 21.2. The summed E-state index contributed by atoms with van der Waals surface area (Å²) in [5.74, 6) is -0.890. The van der Waals surface area contributed by atoms with Crippen LogP contribution in [0.2, 0.25) is 0 Å². The van der Waals surface area contributed by atoms with Gasteiger partial charge < -0.3 is 16.0 Å². The van der Waals surface area contributed by atoms with E-state index in [-0.39, 0.29) is 24.1 Å². The number of nitrogens with one attached hydrogen (secondary N) is 1. The van der Waals surface area contributed by atoms with E-state index in [1.807, 2.05) is 26.0 Å². The molecule has 5 aromatic heterocycles. The molecule has 1 saturated heterocycles. The topological polar surface area (TPSA) is 166 Å². The summed E-state index contributed by atoms with van der Waals surface area (Å²) in [7, 11) is 0. The summed E-state index contributed by atoms with van der Waals surface area (Å²) in [4.78, 5) is 53.5. The van der Waals surface area contributed by atoms with Crippen LogP contribution in [0.5, 0.6) is 0 Å². The Hall–Kier alpha value is -4.72. The molecule has 3 amide bonds. The highest BCUT2D eigenvalue weighted by atomic mass is 32.1. The van der Waals surface area contributed by atoms with Crippen LogP contribution < -0.4 is 11.1 Å². The minimum absolute atomic E-state index is 0.0340. The number of nitrogens with two attached hydrogens (primary N) is 1. The van der Waals surface area contributed by atoms with Crippen LogP contribution in [0.25, 0.3) is 26.6 Å². The Morgan fingerprint density at radius 2 is 2.00 bits per heavy atom. The van der Waals surface area contributed by atoms with Crippen molar-refractivity contribution in [1.82, 2.24) is 39.2 Å². The fraction of sp³-hybridized carbons (Fsp3) is 0.280. The van der Waals surface area contributed by atoms with E-state index in [9.17, 15) is 14.4 Å². The summed E-state index contributed by atoms with van der Waals surface area (Å²) in [5, 5.41) is 12.1. The lowest BCUT2D eigenvalue weighted by atomic mass is 10.2. The molecule has 14 heteroatoms. The largest absolute Gasteiger partial charge is 0.364 e. The standard InChI is InChI=1S/C25H24N10O3S/c1-13-5-3-7-17(28-13)29-24(38)16-6-4-8-33(16)19(36)12-35-23-21(20(32-35)22(26)37)39-25(30-23)15-10-27-18-9-14(2)31-34(18)11-15/h3,5,7,9-11,16H,4,6,8,12H2,1-2H3,(H2,26,37)(H,28,29,38)/t16-/m0/s1. The average molecular weight is 545 g/mol. The SMILES string of the molecule is Cc1cccc(NC(=O)[C@@H]2CCCN2C(=O)Cn2nc(C(N)=O)c3sc(-c4cnc5cc(C)nn5c4)nc32)n1. The first-order valence-corrected chi connectivity index (χ1v) is 13.1. The van der Waals surface area contributed by atoms with Crippen LogP contribution in [0.4, 0.5) is 5.82 Å². The summed E-state index contributed by atoms with van der Waals surface area (Å²) < 4.78 is 3.51. The highest BCUT2D eigenvalue weighted by Gasteiger charge is 2.35. The molecule has 39 heavy (non-hydrogen) atoms. The van der Waals surface area contributed by atoms with Gasteiger partial charge in [-0.15, -0.1) is 11.3 Å². The van der Waals surface area contributed by atoms with Crippen LogP contribution in [0.15, 0.2) is 36.7 Å². The zero-order valence-corrected chi connectivity index (χ0v) is 22.0. The van der Waals surface area contributed by atoms with Crippen molar-refractivity contribution in [3.05, 3.63) is 53.7 Å². The Labute approximate surface area is 225 Å². The minimum atomic E-state index is -0.721. The van der Waals surface area contributed by atoms with Crippen molar-refractivity contribution in [2.24, 2.45) is 5.73 Å². The number of aryl methyl sites for hydroxylation is 2. The molecule has 5 aromatic rings. The smallest absolute Gasteiger partial charge is 0.270 e. The van der Waals surface area contributed by atoms with E-state index >= 15 is 0 Å². The number of likely N-dealkylation sites (tertiary alicyclic amines) is 1. The number of anilines is 1. The lowest BCUT2D eigenvalue weighted by Gasteiger charge is -2.23. The van der Waals surface area contributed by atoms with Crippen molar-refractivity contribution in [3.63, 3.8) is 0 Å². The van der Waals surface area contributed by atoms with Gasteiger partial charge >= 0.3 is 0 Å². The molecule has 6 heterocycles. The number of hydrogen-bond acceptors (Lipinski definition) is 9. The number of carbonyl (C=O) groups is 3. The second kappa shape index (κ2) is 9.54. The average Bonchev–Trinajstić information content (AvgIpc) is 3.66. The molecule has 0 aliphatic carbocycles. The van der Waals surface area contributed by atoms with E-state index < -0.39 is 11.9 Å². The van der Waals surface area contributed by atoms with Crippen molar-refractivity contribution in [1.29, 1.82) is 0 Å². The number of nitrogens with zero attached hydrogens (tertiary/aromatic N) is 8. The molecule has 0 aromatic carbocycles. The van der Waals surface area contributed by atoms with Crippen LogP contribution in [0.1, 0.15) is 34.7 Å². The number of hydrogen-bond donors (Lipinski definition) is 2. The van der Waals surface area contributed by atoms with Crippen LogP contribution in [0, 0.1) is 13.8 Å². The molecule has 13 nitrogen and oxygen atoms in total. The third-order valence-corrected chi connectivity index (χ3v) is 7.61. The number of thiazole rings is 1. The third-order valence-electron chi connectivity index (χ3n) is 6.51. The molecule has 3 N–H and O–H groups in total. The Bertz CT molecular complexity index is 1770. The number of aromatic nitrogens is 7. The Kier molecular flexibility index (Phi) is 6.02. The summed E-state index contributed by atoms with van der Waals surface area (Å²) >= 11 is 1.24. The van der Waals surface area contributed by atoms with Gasteiger partial charge in [0.2, 0.25) is 11.8 Å². The van der Waals surface area contributed by atoms with E-state index in [2.05, 4.69) is 30.5 Å². The fourth-order valence-corrected chi connectivity index (χ4v) is 5.76. The van der Waals surface area contributed by atoms with Gasteiger partial charge in [-0.1, -0.05) is 6.07 Å².